The number of benzene rings is 1. The topological polar surface area (TPSA) is 83.7 Å². The largest absolute Gasteiger partial charge is 0.354 e. The van der Waals surface area contributed by atoms with Gasteiger partial charge in [-0.3, -0.25) is 5.10 Å². The fourth-order valence-electron chi connectivity index (χ4n) is 3.63. The van der Waals surface area contributed by atoms with Crippen LogP contribution < -0.4 is 10.6 Å². The Morgan fingerprint density at radius 1 is 1.31 bits per heavy atom. The molecule has 0 saturated heterocycles. The summed E-state index contributed by atoms with van der Waals surface area (Å²) < 4.78 is 14.3. The molecule has 0 spiro atoms. The van der Waals surface area contributed by atoms with Gasteiger partial charge < -0.3 is 10.6 Å². The third-order valence-electron chi connectivity index (χ3n) is 5.11. The van der Waals surface area contributed by atoms with E-state index in [1.807, 2.05) is 7.05 Å². The normalized spacial score (nSPS) is 20.5. The number of halogens is 2. The fourth-order valence-corrected chi connectivity index (χ4v) is 3.81. The fraction of sp³-hybridized carbons (Fsp3) is 0.389. The Balaban J connectivity index is 1.70. The van der Waals surface area contributed by atoms with Gasteiger partial charge in [-0.1, -0.05) is 30.5 Å². The summed E-state index contributed by atoms with van der Waals surface area (Å²) >= 11 is 5.88. The summed E-state index contributed by atoms with van der Waals surface area (Å²) in [5.41, 5.74) is 8.02. The van der Waals surface area contributed by atoms with Gasteiger partial charge in [0.2, 0.25) is 5.65 Å². The number of H-pyrrole nitrogens is 1. The van der Waals surface area contributed by atoms with Crippen molar-refractivity contribution >= 4 is 28.6 Å². The Hall–Kier alpha value is -2.25. The number of nitrogens with zero attached hydrogens (tertiary/aromatic N) is 4. The molecule has 1 aromatic carbocycles. The van der Waals surface area contributed by atoms with Crippen molar-refractivity contribution in [3.05, 3.63) is 35.2 Å². The van der Waals surface area contributed by atoms with Crippen LogP contribution in [0.3, 0.4) is 0 Å². The van der Waals surface area contributed by atoms with Gasteiger partial charge in [-0.05, 0) is 25.0 Å². The van der Waals surface area contributed by atoms with Crippen molar-refractivity contribution in [2.24, 2.45) is 5.73 Å². The second-order valence-electron chi connectivity index (χ2n) is 6.73. The van der Waals surface area contributed by atoms with Gasteiger partial charge in [-0.25, -0.2) is 14.4 Å². The smallest absolute Gasteiger partial charge is 0.202 e. The summed E-state index contributed by atoms with van der Waals surface area (Å²) in [6.07, 6.45) is 6.08. The molecule has 2 heterocycles. The highest BCUT2D eigenvalue weighted by molar-refractivity contribution is 6.31. The molecule has 0 unspecified atom stereocenters. The lowest BCUT2D eigenvalue weighted by molar-refractivity contribution is 0.372. The number of nitrogens with two attached hydrogens (primary N) is 1. The van der Waals surface area contributed by atoms with E-state index < -0.39 is 5.82 Å². The molecule has 1 saturated carbocycles. The van der Waals surface area contributed by atoms with Gasteiger partial charge in [0.05, 0.1) is 16.9 Å². The van der Waals surface area contributed by atoms with E-state index in [4.69, 9.17) is 17.3 Å². The highest BCUT2D eigenvalue weighted by Gasteiger charge is 2.27. The lowest BCUT2D eigenvalue weighted by Gasteiger charge is -2.36. The average molecular weight is 375 g/mol. The second-order valence-corrected chi connectivity index (χ2v) is 7.13. The van der Waals surface area contributed by atoms with Gasteiger partial charge in [-0.15, -0.1) is 0 Å². The molecule has 2 atom stereocenters. The molecule has 3 aromatic rings. The molecule has 3 N–H and O–H groups in total. The van der Waals surface area contributed by atoms with Crippen molar-refractivity contribution < 1.29 is 4.39 Å². The second kappa shape index (κ2) is 6.81. The molecular formula is C18H20ClFN6. The number of anilines is 1. The third-order valence-corrected chi connectivity index (χ3v) is 5.41. The molecule has 1 aliphatic rings. The quantitative estimate of drug-likeness (QED) is 0.732. The number of nitrogens with one attached hydrogen (secondary N) is 1. The summed E-state index contributed by atoms with van der Waals surface area (Å²) in [5.74, 6) is 0.209. The highest BCUT2D eigenvalue weighted by atomic mass is 35.5. The number of rotatable bonds is 3. The molecule has 0 aliphatic heterocycles. The molecule has 4 rings (SSSR count). The van der Waals surface area contributed by atoms with Crippen LogP contribution in [0, 0.1) is 5.82 Å². The van der Waals surface area contributed by atoms with Crippen LogP contribution in [0.4, 0.5) is 10.2 Å². The van der Waals surface area contributed by atoms with Gasteiger partial charge in [0.15, 0.2) is 5.82 Å². The Morgan fingerprint density at radius 3 is 2.92 bits per heavy atom. The van der Waals surface area contributed by atoms with Crippen LogP contribution in [0.5, 0.6) is 0 Å². The van der Waals surface area contributed by atoms with Crippen molar-refractivity contribution in [1.82, 2.24) is 20.2 Å². The first kappa shape index (κ1) is 17.2. The molecule has 0 amide bonds. The van der Waals surface area contributed by atoms with Crippen molar-refractivity contribution in [2.45, 2.75) is 37.8 Å². The first-order valence-electron chi connectivity index (χ1n) is 8.70. The van der Waals surface area contributed by atoms with Gasteiger partial charge in [0, 0.05) is 24.7 Å². The number of hydrogen-bond donors (Lipinski definition) is 2. The van der Waals surface area contributed by atoms with Crippen LogP contribution in [0.1, 0.15) is 25.7 Å². The molecule has 0 radical (unpaired) electrons. The first-order chi connectivity index (χ1) is 12.6. The zero-order valence-electron chi connectivity index (χ0n) is 14.4. The van der Waals surface area contributed by atoms with Crippen LogP contribution >= 0.6 is 11.6 Å². The lowest BCUT2D eigenvalue weighted by atomic mass is 9.90. The predicted octanol–water partition coefficient (Wildman–Crippen LogP) is 3.52. The molecular weight excluding hydrogens is 355 g/mol. The van der Waals surface area contributed by atoms with E-state index in [1.165, 1.54) is 18.9 Å². The maximum absolute atomic E-state index is 14.3. The number of likely N-dealkylation sites (N-methyl/N-ethyl adjacent to an activating group) is 1. The van der Waals surface area contributed by atoms with Crippen LogP contribution in [0.15, 0.2) is 24.4 Å². The molecule has 136 valence electrons. The minimum Gasteiger partial charge on any atom is -0.354 e. The van der Waals surface area contributed by atoms with E-state index in [-0.39, 0.29) is 17.1 Å². The van der Waals surface area contributed by atoms with Crippen LogP contribution in [0.2, 0.25) is 5.02 Å². The van der Waals surface area contributed by atoms with Crippen molar-refractivity contribution in [2.75, 3.05) is 11.9 Å². The molecule has 6 nitrogen and oxygen atoms in total. The van der Waals surface area contributed by atoms with E-state index in [1.54, 1.807) is 18.3 Å². The monoisotopic (exact) mass is 374 g/mol. The summed E-state index contributed by atoms with van der Waals surface area (Å²) in [4.78, 5) is 11.1. The Kier molecular flexibility index (Phi) is 4.50. The maximum Gasteiger partial charge on any atom is 0.202 e. The van der Waals surface area contributed by atoms with E-state index >= 15 is 0 Å². The van der Waals surface area contributed by atoms with E-state index in [0.29, 0.717) is 28.2 Å². The van der Waals surface area contributed by atoms with Crippen molar-refractivity contribution in [3.63, 3.8) is 0 Å². The third kappa shape index (κ3) is 2.91. The average Bonchev–Trinajstić information content (AvgIpc) is 3.07. The van der Waals surface area contributed by atoms with Crippen LogP contribution in [-0.2, 0) is 0 Å². The molecule has 26 heavy (non-hydrogen) atoms. The molecule has 1 fully saturated rings. The number of hydrogen-bond acceptors (Lipinski definition) is 5. The van der Waals surface area contributed by atoms with Crippen molar-refractivity contribution in [3.8, 4) is 11.3 Å². The zero-order valence-corrected chi connectivity index (χ0v) is 15.2. The molecule has 2 aromatic heterocycles. The Morgan fingerprint density at radius 2 is 2.12 bits per heavy atom. The van der Waals surface area contributed by atoms with Gasteiger partial charge in [0.25, 0.3) is 0 Å². The Bertz CT molecular complexity index is 943. The maximum atomic E-state index is 14.3. The van der Waals surface area contributed by atoms with E-state index in [0.717, 1.165) is 12.8 Å². The van der Waals surface area contributed by atoms with Crippen molar-refractivity contribution in [1.29, 1.82) is 0 Å². The minimum absolute atomic E-state index is 0.0563. The summed E-state index contributed by atoms with van der Waals surface area (Å²) in [6, 6.07) is 5.19. The van der Waals surface area contributed by atoms with E-state index in [2.05, 4.69) is 25.1 Å². The molecule has 8 heteroatoms. The van der Waals surface area contributed by atoms with Gasteiger partial charge >= 0.3 is 0 Å². The van der Waals surface area contributed by atoms with Gasteiger partial charge in [-0.2, -0.15) is 5.10 Å². The number of aromatic nitrogens is 4. The Labute approximate surface area is 155 Å². The van der Waals surface area contributed by atoms with Crippen LogP contribution in [0.25, 0.3) is 22.4 Å². The number of fused-ring (bicyclic) bond motifs is 1. The molecule has 0 bridgehead atoms. The standard InChI is InChI=1S/C18H20ClFN6/c1-26(13-8-3-2-7-12(13)21)14-9-22-17-16(24-25-18(17)23-14)10-5-4-6-11(19)15(10)20/h4-6,9,12-13H,2-3,7-8,21H2,1H3,(H,23,24,25)/t12-,13-/m0/s1. The predicted molar refractivity (Wildman–Crippen MR) is 101 cm³/mol. The minimum atomic E-state index is -0.504. The molecule has 1 aliphatic carbocycles. The van der Waals surface area contributed by atoms with E-state index in [9.17, 15) is 4.39 Å². The van der Waals surface area contributed by atoms with Crippen LogP contribution in [-0.4, -0.2) is 39.3 Å². The summed E-state index contributed by atoms with van der Waals surface area (Å²) in [7, 11) is 1.98. The lowest BCUT2D eigenvalue weighted by Crippen LogP contribution is -2.48. The number of aromatic amines is 1. The van der Waals surface area contributed by atoms with Gasteiger partial charge in [0.1, 0.15) is 11.3 Å². The summed E-state index contributed by atoms with van der Waals surface area (Å²) in [6.45, 7) is 0. The SMILES string of the molecule is CN(c1cnc2c(-c3cccc(Cl)c3F)[nH]nc2n1)[C@H]1CCCC[C@@H]1N. The zero-order chi connectivity index (χ0) is 18.3. The first-order valence-corrected chi connectivity index (χ1v) is 9.08. The highest BCUT2D eigenvalue weighted by Crippen LogP contribution is 2.31. The summed E-state index contributed by atoms with van der Waals surface area (Å²) in [5, 5.41) is 7.10.